The Hall–Kier alpha value is -2.04. The van der Waals surface area contributed by atoms with Crippen molar-refractivity contribution in [1.82, 2.24) is 9.97 Å². The highest BCUT2D eigenvalue weighted by molar-refractivity contribution is 5.50. The second-order valence-electron chi connectivity index (χ2n) is 3.64. The zero-order valence-electron chi connectivity index (χ0n) is 9.32. The van der Waals surface area contributed by atoms with E-state index in [0.717, 1.165) is 17.1 Å². The number of oxazole rings is 1. The molecule has 16 heavy (non-hydrogen) atoms. The Balaban J connectivity index is 2.02. The molecule has 84 valence electrons. The van der Waals surface area contributed by atoms with E-state index in [0.29, 0.717) is 18.1 Å². The van der Waals surface area contributed by atoms with Crippen LogP contribution in [-0.2, 0) is 6.54 Å². The van der Waals surface area contributed by atoms with Crippen LogP contribution >= 0.6 is 0 Å². The van der Waals surface area contributed by atoms with Crippen molar-refractivity contribution in [2.24, 2.45) is 0 Å². The zero-order chi connectivity index (χ0) is 11.5. The van der Waals surface area contributed by atoms with Gasteiger partial charge in [-0.2, -0.15) is 0 Å². The number of anilines is 2. The molecule has 0 amide bonds. The molecule has 2 aromatic rings. The average Bonchev–Trinajstić information content (AvgIpc) is 2.66. The summed E-state index contributed by atoms with van der Waals surface area (Å²) in [4.78, 5) is 8.24. The van der Waals surface area contributed by atoms with Gasteiger partial charge in [-0.05, 0) is 25.5 Å². The lowest BCUT2D eigenvalue weighted by Gasteiger charge is -2.05. The molecule has 5 heteroatoms. The van der Waals surface area contributed by atoms with Crippen LogP contribution in [0.25, 0.3) is 0 Å². The summed E-state index contributed by atoms with van der Waals surface area (Å²) in [5, 5.41) is 3.12. The van der Waals surface area contributed by atoms with Gasteiger partial charge in [-0.25, -0.2) is 9.97 Å². The van der Waals surface area contributed by atoms with E-state index in [9.17, 15) is 0 Å². The van der Waals surface area contributed by atoms with Crippen LogP contribution in [0, 0.1) is 13.8 Å². The van der Waals surface area contributed by atoms with Crippen molar-refractivity contribution < 1.29 is 4.42 Å². The lowest BCUT2D eigenvalue weighted by atomic mass is 10.2. The normalized spacial score (nSPS) is 10.4. The van der Waals surface area contributed by atoms with Crippen molar-refractivity contribution in [3.63, 3.8) is 0 Å². The molecule has 2 aromatic heterocycles. The lowest BCUT2D eigenvalue weighted by molar-refractivity contribution is 0.479. The number of hydrogen-bond donors (Lipinski definition) is 2. The second kappa shape index (κ2) is 4.22. The van der Waals surface area contributed by atoms with Gasteiger partial charge in [-0.15, -0.1) is 0 Å². The Morgan fingerprint density at radius 1 is 1.31 bits per heavy atom. The molecule has 0 saturated carbocycles. The van der Waals surface area contributed by atoms with E-state index >= 15 is 0 Å². The molecule has 5 nitrogen and oxygen atoms in total. The number of nitrogen functional groups attached to an aromatic ring is 1. The van der Waals surface area contributed by atoms with Gasteiger partial charge in [-0.1, -0.05) is 0 Å². The molecule has 2 heterocycles. The summed E-state index contributed by atoms with van der Waals surface area (Å²) in [5.41, 5.74) is 7.37. The Bertz CT molecular complexity index is 492. The summed E-state index contributed by atoms with van der Waals surface area (Å²) in [5.74, 6) is 2.22. The van der Waals surface area contributed by atoms with Crippen molar-refractivity contribution in [2.45, 2.75) is 20.4 Å². The van der Waals surface area contributed by atoms with E-state index in [-0.39, 0.29) is 0 Å². The first-order chi connectivity index (χ1) is 7.65. The molecule has 0 aliphatic carbocycles. The summed E-state index contributed by atoms with van der Waals surface area (Å²) in [7, 11) is 0. The summed E-state index contributed by atoms with van der Waals surface area (Å²) < 4.78 is 5.33. The van der Waals surface area contributed by atoms with Crippen molar-refractivity contribution in [1.29, 1.82) is 0 Å². The van der Waals surface area contributed by atoms with Crippen LogP contribution in [0.15, 0.2) is 22.9 Å². The van der Waals surface area contributed by atoms with E-state index in [1.54, 1.807) is 12.4 Å². The van der Waals surface area contributed by atoms with Gasteiger partial charge in [0.15, 0.2) is 0 Å². The maximum Gasteiger partial charge on any atom is 0.213 e. The molecule has 0 saturated heterocycles. The third kappa shape index (κ3) is 2.31. The number of pyridine rings is 1. The quantitative estimate of drug-likeness (QED) is 0.822. The minimum Gasteiger partial charge on any atom is -0.444 e. The largest absolute Gasteiger partial charge is 0.444 e. The number of nitrogens with two attached hydrogens (primary N) is 1. The fourth-order valence-corrected chi connectivity index (χ4v) is 1.31. The molecular weight excluding hydrogens is 204 g/mol. The van der Waals surface area contributed by atoms with Gasteiger partial charge in [0, 0.05) is 0 Å². The highest BCUT2D eigenvalue weighted by Gasteiger charge is 2.02. The van der Waals surface area contributed by atoms with Gasteiger partial charge >= 0.3 is 0 Å². The van der Waals surface area contributed by atoms with Crippen molar-refractivity contribution in [3.8, 4) is 0 Å². The Kier molecular flexibility index (Phi) is 2.76. The van der Waals surface area contributed by atoms with Gasteiger partial charge in [-0.3, -0.25) is 0 Å². The number of nitrogens with one attached hydrogen (secondary N) is 1. The van der Waals surface area contributed by atoms with Crippen LogP contribution in [0.2, 0.25) is 0 Å². The topological polar surface area (TPSA) is 77.0 Å². The Labute approximate surface area is 93.7 Å². The molecule has 0 atom stereocenters. The molecule has 0 aliphatic rings. The fraction of sp³-hybridized carbons (Fsp3) is 0.273. The van der Waals surface area contributed by atoms with Gasteiger partial charge in [0.1, 0.15) is 11.6 Å². The minimum atomic E-state index is 0.518. The van der Waals surface area contributed by atoms with E-state index in [1.807, 2.05) is 19.9 Å². The number of aryl methyl sites for hydroxylation is 2. The second-order valence-corrected chi connectivity index (χ2v) is 3.64. The molecule has 0 aliphatic heterocycles. The van der Waals surface area contributed by atoms with Crippen LogP contribution in [0.3, 0.4) is 0 Å². The van der Waals surface area contributed by atoms with Gasteiger partial charge in [0.05, 0.1) is 24.6 Å². The van der Waals surface area contributed by atoms with Gasteiger partial charge in [0.25, 0.3) is 0 Å². The maximum atomic E-state index is 5.68. The van der Waals surface area contributed by atoms with Crippen LogP contribution in [0.4, 0.5) is 11.5 Å². The SMILES string of the molecule is Cc1cnc(CNc2cc(C)c(N)cn2)o1. The van der Waals surface area contributed by atoms with Crippen molar-refractivity contribution in [2.75, 3.05) is 11.1 Å². The molecule has 2 rings (SSSR count). The molecule has 0 radical (unpaired) electrons. The van der Waals surface area contributed by atoms with Crippen LogP contribution in [0.5, 0.6) is 0 Å². The number of hydrogen-bond acceptors (Lipinski definition) is 5. The Morgan fingerprint density at radius 2 is 2.12 bits per heavy atom. The molecule has 0 aromatic carbocycles. The molecule has 0 bridgehead atoms. The standard InChI is InChI=1S/C11H14N4O/c1-7-3-10(13-5-9(7)12)14-6-11-15-4-8(2)16-11/h3-5H,6,12H2,1-2H3,(H,13,14). The van der Waals surface area contributed by atoms with E-state index < -0.39 is 0 Å². The molecule has 0 fully saturated rings. The molecular formula is C11H14N4O. The summed E-state index contributed by atoms with van der Waals surface area (Å²) in [6.07, 6.45) is 3.33. The van der Waals surface area contributed by atoms with E-state index in [2.05, 4.69) is 15.3 Å². The fourth-order valence-electron chi connectivity index (χ4n) is 1.31. The van der Waals surface area contributed by atoms with Crippen molar-refractivity contribution in [3.05, 3.63) is 35.7 Å². The summed E-state index contributed by atoms with van der Waals surface area (Å²) in [6, 6.07) is 1.89. The average molecular weight is 218 g/mol. The summed E-state index contributed by atoms with van der Waals surface area (Å²) >= 11 is 0. The highest BCUT2D eigenvalue weighted by atomic mass is 16.4. The first kappa shape index (κ1) is 10.5. The smallest absolute Gasteiger partial charge is 0.213 e. The third-order valence-electron chi connectivity index (χ3n) is 2.24. The first-order valence-corrected chi connectivity index (χ1v) is 5.02. The lowest BCUT2D eigenvalue weighted by Crippen LogP contribution is -2.02. The maximum absolute atomic E-state index is 5.68. The van der Waals surface area contributed by atoms with Crippen LogP contribution < -0.4 is 11.1 Å². The highest BCUT2D eigenvalue weighted by Crippen LogP contribution is 2.13. The van der Waals surface area contributed by atoms with E-state index in [1.165, 1.54) is 0 Å². The van der Waals surface area contributed by atoms with E-state index in [4.69, 9.17) is 10.2 Å². The van der Waals surface area contributed by atoms with Crippen LogP contribution in [0.1, 0.15) is 17.2 Å². The number of nitrogens with zero attached hydrogens (tertiary/aromatic N) is 2. The number of aromatic nitrogens is 2. The molecule has 3 N–H and O–H groups in total. The van der Waals surface area contributed by atoms with Crippen molar-refractivity contribution >= 4 is 11.5 Å². The van der Waals surface area contributed by atoms with Gasteiger partial charge < -0.3 is 15.5 Å². The molecule has 0 spiro atoms. The van der Waals surface area contributed by atoms with Gasteiger partial charge in [0.2, 0.25) is 5.89 Å². The predicted octanol–water partition coefficient (Wildman–Crippen LogP) is 1.88. The molecule has 0 unspecified atom stereocenters. The van der Waals surface area contributed by atoms with Crippen LogP contribution in [-0.4, -0.2) is 9.97 Å². The third-order valence-corrected chi connectivity index (χ3v) is 2.24. The monoisotopic (exact) mass is 218 g/mol. The predicted molar refractivity (Wildman–Crippen MR) is 62.0 cm³/mol. The zero-order valence-corrected chi connectivity index (χ0v) is 9.32. The first-order valence-electron chi connectivity index (χ1n) is 5.02. The summed E-state index contributed by atoms with van der Waals surface area (Å²) in [6.45, 7) is 4.32. The number of rotatable bonds is 3. The minimum absolute atomic E-state index is 0.518. The Morgan fingerprint density at radius 3 is 2.75 bits per heavy atom.